The molecule has 0 heterocycles. The fourth-order valence-corrected chi connectivity index (χ4v) is 1.60. The third kappa shape index (κ3) is 1.42. The quantitative estimate of drug-likeness (QED) is 0.549. The minimum absolute atomic E-state index is 0.0369. The third-order valence-corrected chi connectivity index (χ3v) is 2.41. The Labute approximate surface area is 78.1 Å². The summed E-state index contributed by atoms with van der Waals surface area (Å²) in [4.78, 5) is 11.7. The molecule has 1 unspecified atom stereocenters. The molecule has 0 amide bonds. The van der Waals surface area contributed by atoms with Crippen LogP contribution in [0.2, 0.25) is 0 Å². The molecule has 2 rings (SSSR count). The molecule has 0 aliphatic heterocycles. The zero-order valence-electron chi connectivity index (χ0n) is 7.66. The number of carbonyl (C=O) groups is 1. The molecule has 1 heteroatoms. The van der Waals surface area contributed by atoms with Gasteiger partial charge in [-0.25, -0.2) is 0 Å². The van der Waals surface area contributed by atoms with Gasteiger partial charge in [0.1, 0.15) is 0 Å². The first-order valence-electron chi connectivity index (χ1n) is 4.59. The van der Waals surface area contributed by atoms with Crippen molar-refractivity contribution in [2.45, 2.75) is 13.3 Å². The molecule has 1 nitrogen and oxygen atoms in total. The van der Waals surface area contributed by atoms with Crippen LogP contribution in [-0.4, -0.2) is 5.78 Å². The molecule has 0 aromatic carbocycles. The molecule has 0 N–H and O–H groups in total. The smallest absolute Gasteiger partial charge is 0.170 e. The van der Waals surface area contributed by atoms with Crippen molar-refractivity contribution in [3.05, 3.63) is 47.6 Å². The van der Waals surface area contributed by atoms with E-state index in [9.17, 15) is 4.79 Å². The largest absolute Gasteiger partial charge is 0.294 e. The van der Waals surface area contributed by atoms with Crippen LogP contribution in [0.25, 0.3) is 0 Å². The van der Waals surface area contributed by atoms with Gasteiger partial charge in [-0.05, 0) is 12.0 Å². The normalized spacial score (nSPS) is 26.2. The van der Waals surface area contributed by atoms with E-state index in [2.05, 4.69) is 6.08 Å². The van der Waals surface area contributed by atoms with Crippen molar-refractivity contribution in [2.75, 3.05) is 0 Å². The van der Waals surface area contributed by atoms with E-state index in [0.717, 1.165) is 17.6 Å². The lowest BCUT2D eigenvalue weighted by Crippen LogP contribution is -2.14. The predicted molar refractivity (Wildman–Crippen MR) is 53.2 cm³/mol. The fraction of sp³-hybridized carbons (Fsp3) is 0.250. The third-order valence-electron chi connectivity index (χ3n) is 2.41. The molecule has 1 atom stereocenters. The summed E-state index contributed by atoms with van der Waals surface area (Å²) >= 11 is 0. The minimum Gasteiger partial charge on any atom is -0.294 e. The predicted octanol–water partition coefficient (Wildman–Crippen LogP) is 2.57. The average Bonchev–Trinajstić information content (AvgIpc) is 2.36. The number of carbonyl (C=O) groups excluding carboxylic acids is 1. The molecule has 0 saturated heterocycles. The molecule has 0 aromatic heterocycles. The van der Waals surface area contributed by atoms with E-state index < -0.39 is 0 Å². The lowest BCUT2D eigenvalue weighted by atomic mass is 9.89. The Morgan fingerprint density at radius 1 is 1.23 bits per heavy atom. The van der Waals surface area contributed by atoms with Gasteiger partial charge in [-0.1, -0.05) is 43.4 Å². The maximum Gasteiger partial charge on any atom is 0.170 e. The highest BCUT2D eigenvalue weighted by Gasteiger charge is 2.19. The summed E-state index contributed by atoms with van der Waals surface area (Å²) in [6, 6.07) is 0. The summed E-state index contributed by atoms with van der Waals surface area (Å²) in [7, 11) is 0. The average molecular weight is 172 g/mol. The Bertz CT molecular complexity index is 353. The molecule has 2 aliphatic carbocycles. The van der Waals surface area contributed by atoms with Gasteiger partial charge >= 0.3 is 0 Å². The maximum atomic E-state index is 11.7. The monoisotopic (exact) mass is 172 g/mol. The lowest BCUT2D eigenvalue weighted by Gasteiger charge is -2.13. The van der Waals surface area contributed by atoms with E-state index in [1.807, 2.05) is 37.3 Å². The molecule has 0 saturated carbocycles. The highest BCUT2D eigenvalue weighted by atomic mass is 16.1. The lowest BCUT2D eigenvalue weighted by molar-refractivity contribution is -0.117. The van der Waals surface area contributed by atoms with Crippen molar-refractivity contribution in [3.8, 4) is 0 Å². The van der Waals surface area contributed by atoms with Crippen LogP contribution in [0.1, 0.15) is 13.3 Å². The van der Waals surface area contributed by atoms with Crippen molar-refractivity contribution in [1.29, 1.82) is 0 Å². The SMILES string of the molecule is CC1C=CC2=C(C=CCC=C2)C1=O. The van der Waals surface area contributed by atoms with Crippen LogP contribution in [0.3, 0.4) is 0 Å². The van der Waals surface area contributed by atoms with Crippen LogP contribution in [0.4, 0.5) is 0 Å². The van der Waals surface area contributed by atoms with Crippen molar-refractivity contribution >= 4 is 5.78 Å². The van der Waals surface area contributed by atoms with E-state index in [0.29, 0.717) is 0 Å². The second-order valence-corrected chi connectivity index (χ2v) is 3.42. The van der Waals surface area contributed by atoms with Crippen molar-refractivity contribution in [2.24, 2.45) is 5.92 Å². The number of Topliss-reactive ketones (excluding diaryl/α,β-unsaturated/α-hetero) is 1. The minimum atomic E-state index is 0.0369. The molecular formula is C12H12O. The zero-order valence-corrected chi connectivity index (χ0v) is 7.66. The molecule has 0 aromatic rings. The molecule has 2 aliphatic rings. The van der Waals surface area contributed by atoms with Gasteiger partial charge in [0.25, 0.3) is 0 Å². The Balaban J connectivity index is 2.48. The van der Waals surface area contributed by atoms with Gasteiger partial charge in [0.15, 0.2) is 5.78 Å². The van der Waals surface area contributed by atoms with Crippen LogP contribution >= 0.6 is 0 Å². The van der Waals surface area contributed by atoms with E-state index in [4.69, 9.17) is 0 Å². The first kappa shape index (κ1) is 8.24. The van der Waals surface area contributed by atoms with Gasteiger partial charge in [0, 0.05) is 11.5 Å². The first-order chi connectivity index (χ1) is 6.29. The Kier molecular flexibility index (Phi) is 2.01. The Morgan fingerprint density at radius 3 is 2.85 bits per heavy atom. The second kappa shape index (κ2) is 3.17. The molecule has 0 bridgehead atoms. The van der Waals surface area contributed by atoms with Crippen LogP contribution in [0.5, 0.6) is 0 Å². The summed E-state index contributed by atoms with van der Waals surface area (Å²) in [6.45, 7) is 1.94. The highest BCUT2D eigenvalue weighted by Crippen LogP contribution is 2.23. The molecule has 0 fully saturated rings. The number of ketones is 1. The van der Waals surface area contributed by atoms with Gasteiger partial charge < -0.3 is 0 Å². The number of rotatable bonds is 0. The van der Waals surface area contributed by atoms with Gasteiger partial charge in [-0.2, -0.15) is 0 Å². The second-order valence-electron chi connectivity index (χ2n) is 3.42. The fourth-order valence-electron chi connectivity index (χ4n) is 1.60. The van der Waals surface area contributed by atoms with Crippen LogP contribution in [0.15, 0.2) is 47.6 Å². The van der Waals surface area contributed by atoms with Gasteiger partial charge in [0.05, 0.1) is 0 Å². The summed E-state index contributed by atoms with van der Waals surface area (Å²) in [5.74, 6) is 0.273. The topological polar surface area (TPSA) is 17.1 Å². The van der Waals surface area contributed by atoms with Crippen LogP contribution < -0.4 is 0 Å². The Hall–Kier alpha value is -1.37. The van der Waals surface area contributed by atoms with E-state index >= 15 is 0 Å². The standard InChI is InChI=1S/C12H12O/c1-9-7-8-10-5-3-2-4-6-11(10)12(9)13/h3-9H,2H2,1H3. The number of allylic oxidation sites excluding steroid dienone is 8. The number of hydrogen-bond donors (Lipinski definition) is 0. The van der Waals surface area contributed by atoms with Crippen LogP contribution in [0, 0.1) is 5.92 Å². The first-order valence-corrected chi connectivity index (χ1v) is 4.59. The molecular weight excluding hydrogens is 160 g/mol. The van der Waals surface area contributed by atoms with Crippen LogP contribution in [-0.2, 0) is 4.79 Å². The summed E-state index contributed by atoms with van der Waals surface area (Å²) in [6.07, 6.45) is 13.0. The van der Waals surface area contributed by atoms with E-state index in [1.165, 1.54) is 0 Å². The van der Waals surface area contributed by atoms with Gasteiger partial charge in [-0.15, -0.1) is 0 Å². The molecule has 0 radical (unpaired) electrons. The van der Waals surface area contributed by atoms with Crippen molar-refractivity contribution in [1.82, 2.24) is 0 Å². The number of hydrogen-bond acceptors (Lipinski definition) is 1. The maximum absolute atomic E-state index is 11.7. The van der Waals surface area contributed by atoms with E-state index in [-0.39, 0.29) is 11.7 Å². The highest BCUT2D eigenvalue weighted by molar-refractivity contribution is 6.03. The van der Waals surface area contributed by atoms with E-state index in [1.54, 1.807) is 0 Å². The zero-order chi connectivity index (χ0) is 9.26. The molecule has 13 heavy (non-hydrogen) atoms. The Morgan fingerprint density at radius 2 is 2.00 bits per heavy atom. The summed E-state index contributed by atoms with van der Waals surface area (Å²) in [5.41, 5.74) is 1.92. The van der Waals surface area contributed by atoms with Gasteiger partial charge in [0.2, 0.25) is 0 Å². The van der Waals surface area contributed by atoms with Crippen molar-refractivity contribution in [3.63, 3.8) is 0 Å². The van der Waals surface area contributed by atoms with Gasteiger partial charge in [-0.3, -0.25) is 4.79 Å². The molecule has 0 spiro atoms. The van der Waals surface area contributed by atoms with Crippen molar-refractivity contribution < 1.29 is 4.79 Å². The summed E-state index contributed by atoms with van der Waals surface area (Å²) < 4.78 is 0. The summed E-state index contributed by atoms with van der Waals surface area (Å²) in [5, 5.41) is 0. The molecule has 66 valence electrons.